The highest BCUT2D eigenvalue weighted by Crippen LogP contribution is 2.38. The molecule has 2 aromatic carbocycles. The molecule has 5 nitrogen and oxygen atoms in total. The first-order valence-corrected chi connectivity index (χ1v) is 10.5. The molecule has 0 saturated carbocycles. The summed E-state index contributed by atoms with van der Waals surface area (Å²) < 4.78 is 0. The van der Waals surface area contributed by atoms with E-state index in [1.165, 1.54) is 10.5 Å². The van der Waals surface area contributed by atoms with Gasteiger partial charge in [0, 0.05) is 5.56 Å². The number of nitrogens with zero attached hydrogens (tertiary/aromatic N) is 2. The van der Waals surface area contributed by atoms with Gasteiger partial charge in [0.1, 0.15) is 17.3 Å². The Morgan fingerprint density at radius 2 is 1.55 bits per heavy atom. The fourth-order valence-corrected chi connectivity index (χ4v) is 4.42. The predicted octanol–water partition coefficient (Wildman–Crippen LogP) is 2.72. The van der Waals surface area contributed by atoms with Crippen molar-refractivity contribution in [2.24, 2.45) is 0 Å². The number of piperazine rings is 1. The van der Waals surface area contributed by atoms with Crippen LogP contribution in [0.1, 0.15) is 5.56 Å². The molecule has 2 aliphatic rings. The Morgan fingerprint density at radius 1 is 0.862 bits per heavy atom. The second kappa shape index (κ2) is 8.36. The van der Waals surface area contributed by atoms with Crippen molar-refractivity contribution in [3.63, 3.8) is 0 Å². The number of halogens is 3. The summed E-state index contributed by atoms with van der Waals surface area (Å²) in [6.45, 7) is 3.91. The average molecular weight is 452 g/mol. The molecule has 0 radical (unpaired) electrons. The second-order valence-corrected chi connectivity index (χ2v) is 8.24. The summed E-state index contributed by atoms with van der Waals surface area (Å²) >= 11 is 18.6. The van der Waals surface area contributed by atoms with Gasteiger partial charge in [0.25, 0.3) is 11.8 Å². The molecule has 0 unspecified atom stereocenters. The summed E-state index contributed by atoms with van der Waals surface area (Å²) in [4.78, 5) is 30.1. The number of rotatable bonds is 4. The minimum atomic E-state index is -0.574. The highest BCUT2D eigenvalue weighted by atomic mass is 35.5. The fourth-order valence-electron chi connectivity index (χ4n) is 3.76. The Balaban J connectivity index is 1.49. The molecule has 2 amide bonds. The van der Waals surface area contributed by atoms with E-state index in [1.54, 1.807) is 18.2 Å². The quantitative estimate of drug-likeness (QED) is 0.727. The van der Waals surface area contributed by atoms with E-state index in [2.05, 4.69) is 12.1 Å². The van der Waals surface area contributed by atoms with E-state index in [4.69, 9.17) is 34.8 Å². The van der Waals surface area contributed by atoms with E-state index in [0.29, 0.717) is 13.1 Å². The van der Waals surface area contributed by atoms with E-state index in [0.717, 1.165) is 24.5 Å². The smallest absolute Gasteiger partial charge is 0.283 e. The summed E-state index contributed by atoms with van der Waals surface area (Å²) in [5, 5.41) is 0.351. The minimum Gasteiger partial charge on any atom is -0.354 e. The van der Waals surface area contributed by atoms with Crippen LogP contribution >= 0.6 is 34.8 Å². The lowest BCUT2D eigenvalue weighted by atomic mass is 10.2. The van der Waals surface area contributed by atoms with Crippen LogP contribution in [0.25, 0.3) is 0 Å². The minimum absolute atomic E-state index is 0.0717. The zero-order valence-corrected chi connectivity index (χ0v) is 17.8. The molecular weight excluding hydrogens is 433 g/mol. The third kappa shape index (κ3) is 3.88. The van der Waals surface area contributed by atoms with E-state index < -0.39 is 11.8 Å². The fraction of sp³-hybridized carbons (Fsp3) is 0.238. The lowest BCUT2D eigenvalue weighted by Gasteiger charge is -2.33. The maximum absolute atomic E-state index is 13.1. The number of amides is 2. The van der Waals surface area contributed by atoms with Gasteiger partial charge in [-0.25, -0.2) is 4.90 Å². The van der Waals surface area contributed by atoms with Crippen LogP contribution in [0.5, 0.6) is 0 Å². The highest BCUT2D eigenvalue weighted by Gasteiger charge is 2.43. The first-order valence-electron chi connectivity index (χ1n) is 9.32. The van der Waals surface area contributed by atoms with Crippen molar-refractivity contribution in [1.82, 2.24) is 4.90 Å². The molecule has 1 saturated heterocycles. The second-order valence-electron chi connectivity index (χ2n) is 7.08. The number of hydrogen-bond donors (Lipinski definition) is 1. The monoisotopic (exact) mass is 450 g/mol. The maximum Gasteiger partial charge on any atom is 0.283 e. The standard InChI is InChI=1S/C21H18Cl3N3O2/c22-15-7-4-8-16(17(15)23)27-20(28)18(24)19(21(27)29)26-11-9-25(10-12-26)13-14-5-2-1-3-6-14/h1-8H,9-13H2/p+1. The van der Waals surface area contributed by atoms with Crippen molar-refractivity contribution < 1.29 is 14.5 Å². The average Bonchev–Trinajstić information content (AvgIpc) is 2.94. The number of nitrogens with one attached hydrogen (secondary N) is 1. The lowest BCUT2D eigenvalue weighted by molar-refractivity contribution is -0.917. The number of hydrogen-bond acceptors (Lipinski definition) is 3. The molecule has 1 fully saturated rings. The highest BCUT2D eigenvalue weighted by molar-refractivity contribution is 6.54. The van der Waals surface area contributed by atoms with Crippen LogP contribution in [-0.2, 0) is 16.1 Å². The van der Waals surface area contributed by atoms with Crippen LogP contribution in [-0.4, -0.2) is 42.9 Å². The van der Waals surface area contributed by atoms with Gasteiger partial charge in [-0.05, 0) is 12.1 Å². The first-order chi connectivity index (χ1) is 14.0. The molecule has 0 atom stereocenters. The summed E-state index contributed by atoms with van der Waals surface area (Å²) in [7, 11) is 0. The van der Waals surface area contributed by atoms with Gasteiger partial charge in [-0.3, -0.25) is 9.59 Å². The summed E-state index contributed by atoms with van der Waals surface area (Å²) in [5.41, 5.74) is 1.77. The van der Waals surface area contributed by atoms with Crippen LogP contribution in [0.3, 0.4) is 0 Å². The summed E-state index contributed by atoms with van der Waals surface area (Å²) in [5.74, 6) is -1.04. The zero-order valence-electron chi connectivity index (χ0n) is 15.5. The number of imide groups is 1. The van der Waals surface area contributed by atoms with E-state index in [1.807, 2.05) is 23.1 Å². The number of anilines is 1. The molecule has 2 heterocycles. The Kier molecular flexibility index (Phi) is 5.83. The van der Waals surface area contributed by atoms with Crippen molar-refractivity contribution in [3.05, 3.63) is 74.9 Å². The van der Waals surface area contributed by atoms with E-state index in [9.17, 15) is 9.59 Å². The van der Waals surface area contributed by atoms with Crippen LogP contribution in [0.4, 0.5) is 5.69 Å². The molecular formula is C21H19Cl3N3O2+. The van der Waals surface area contributed by atoms with Crippen molar-refractivity contribution in [3.8, 4) is 0 Å². The van der Waals surface area contributed by atoms with Gasteiger partial charge in [-0.1, -0.05) is 71.2 Å². The van der Waals surface area contributed by atoms with Gasteiger partial charge < -0.3 is 9.80 Å². The Bertz CT molecular complexity index is 986. The number of benzene rings is 2. The van der Waals surface area contributed by atoms with E-state index >= 15 is 0 Å². The third-order valence-electron chi connectivity index (χ3n) is 5.26. The molecule has 0 aliphatic carbocycles. The third-order valence-corrected chi connectivity index (χ3v) is 6.41. The van der Waals surface area contributed by atoms with Crippen LogP contribution in [0.15, 0.2) is 59.3 Å². The van der Waals surface area contributed by atoms with Crippen molar-refractivity contribution in [2.45, 2.75) is 6.54 Å². The van der Waals surface area contributed by atoms with Crippen LogP contribution in [0.2, 0.25) is 10.0 Å². The first kappa shape index (κ1) is 20.2. The molecule has 1 N–H and O–H groups in total. The number of carbonyl (C=O) groups excluding carboxylic acids is 2. The largest absolute Gasteiger partial charge is 0.354 e. The molecule has 0 aromatic heterocycles. The van der Waals surface area contributed by atoms with Gasteiger partial charge in [-0.2, -0.15) is 0 Å². The Labute approximate surface area is 184 Å². The zero-order chi connectivity index (χ0) is 20.5. The Hall–Kier alpha value is -2.05. The van der Waals surface area contributed by atoms with Crippen LogP contribution < -0.4 is 9.80 Å². The molecule has 2 aliphatic heterocycles. The van der Waals surface area contributed by atoms with Gasteiger partial charge in [-0.15, -0.1) is 0 Å². The molecule has 0 spiro atoms. The topological polar surface area (TPSA) is 45.1 Å². The normalized spacial score (nSPS) is 18.2. The van der Waals surface area contributed by atoms with Gasteiger partial charge in [0.2, 0.25) is 0 Å². The molecule has 0 bridgehead atoms. The van der Waals surface area contributed by atoms with E-state index in [-0.39, 0.29) is 26.5 Å². The number of quaternary nitrogens is 1. The number of carbonyl (C=O) groups is 2. The van der Waals surface area contributed by atoms with Gasteiger partial charge in [0.05, 0.1) is 41.9 Å². The van der Waals surface area contributed by atoms with Crippen LogP contribution in [0, 0.1) is 0 Å². The van der Waals surface area contributed by atoms with Crippen molar-refractivity contribution in [2.75, 3.05) is 31.1 Å². The van der Waals surface area contributed by atoms with Gasteiger partial charge >= 0.3 is 0 Å². The predicted molar refractivity (Wildman–Crippen MR) is 114 cm³/mol. The summed E-state index contributed by atoms with van der Waals surface area (Å²) in [6.07, 6.45) is 0. The van der Waals surface area contributed by atoms with Gasteiger partial charge in [0.15, 0.2) is 0 Å². The van der Waals surface area contributed by atoms with Crippen molar-refractivity contribution in [1.29, 1.82) is 0 Å². The molecule has 29 heavy (non-hydrogen) atoms. The molecule has 4 rings (SSSR count). The Morgan fingerprint density at radius 3 is 2.24 bits per heavy atom. The lowest BCUT2D eigenvalue weighted by Crippen LogP contribution is -3.13. The maximum atomic E-state index is 13.1. The SMILES string of the molecule is O=C1C(Cl)=C(N2CC[NH+](Cc3ccccc3)CC2)C(=O)N1c1cccc(Cl)c1Cl. The molecule has 150 valence electrons. The van der Waals surface area contributed by atoms with Crippen molar-refractivity contribution >= 4 is 52.3 Å². The summed E-state index contributed by atoms with van der Waals surface area (Å²) in [6, 6.07) is 15.1. The molecule has 8 heteroatoms. The molecule has 2 aromatic rings.